The minimum Gasteiger partial charge on any atom is -0.493 e. The summed E-state index contributed by atoms with van der Waals surface area (Å²) in [6.45, 7) is 0.890. The molecule has 2 rings (SSSR count). The lowest BCUT2D eigenvalue weighted by Gasteiger charge is -2.26. The Bertz CT molecular complexity index is 417. The quantitative estimate of drug-likeness (QED) is 0.803. The Labute approximate surface area is 101 Å². The zero-order valence-electron chi connectivity index (χ0n) is 10.2. The minimum atomic E-state index is 0.0936. The van der Waals surface area contributed by atoms with E-state index in [1.54, 1.807) is 14.2 Å². The van der Waals surface area contributed by atoms with Gasteiger partial charge in [0.2, 0.25) is 0 Å². The van der Waals surface area contributed by atoms with E-state index in [0.29, 0.717) is 12.2 Å². The van der Waals surface area contributed by atoms with Crippen LogP contribution in [-0.4, -0.2) is 27.1 Å². The number of ether oxygens (including phenoxy) is 2. The molecule has 17 heavy (non-hydrogen) atoms. The van der Waals surface area contributed by atoms with Crippen LogP contribution in [0.5, 0.6) is 11.5 Å². The van der Waals surface area contributed by atoms with Gasteiger partial charge in [-0.3, -0.25) is 0 Å². The highest BCUT2D eigenvalue weighted by Crippen LogP contribution is 2.35. The molecule has 0 aliphatic carbocycles. The average Bonchev–Trinajstić information content (AvgIpc) is 2.38. The molecule has 1 heterocycles. The van der Waals surface area contributed by atoms with Crippen molar-refractivity contribution < 1.29 is 14.3 Å². The highest BCUT2D eigenvalue weighted by atomic mass is 16.5. The van der Waals surface area contributed by atoms with Crippen molar-refractivity contribution in [1.29, 1.82) is 0 Å². The van der Waals surface area contributed by atoms with Crippen LogP contribution in [-0.2, 0) is 11.2 Å². The number of benzene rings is 1. The second-order valence-corrected chi connectivity index (χ2v) is 4.07. The van der Waals surface area contributed by atoms with Crippen molar-refractivity contribution in [3.05, 3.63) is 23.3 Å². The molecule has 1 aliphatic rings. The number of carbonyl (C=O) groups excluding carboxylic acids is 1. The van der Waals surface area contributed by atoms with Crippen LogP contribution in [0, 0.1) is 0 Å². The number of rotatable bonds is 4. The third-order valence-corrected chi connectivity index (χ3v) is 3.14. The number of nitrogens with one attached hydrogen (secondary N) is 1. The molecule has 0 saturated heterocycles. The van der Waals surface area contributed by atoms with Gasteiger partial charge in [0, 0.05) is 12.5 Å². The highest BCUT2D eigenvalue weighted by molar-refractivity contribution is 5.55. The fourth-order valence-corrected chi connectivity index (χ4v) is 2.28. The van der Waals surface area contributed by atoms with Crippen molar-refractivity contribution in [3.63, 3.8) is 0 Å². The van der Waals surface area contributed by atoms with Crippen LogP contribution in [0.2, 0.25) is 0 Å². The van der Waals surface area contributed by atoms with Crippen LogP contribution in [0.1, 0.15) is 23.6 Å². The minimum absolute atomic E-state index is 0.0936. The first-order valence-corrected chi connectivity index (χ1v) is 5.72. The molecule has 1 N–H and O–H groups in total. The Kier molecular flexibility index (Phi) is 3.64. The SMILES string of the molecule is COc1cc2c(cc1OC)[C@H](CC=O)NCC2. The smallest absolute Gasteiger partial charge is 0.161 e. The fourth-order valence-electron chi connectivity index (χ4n) is 2.28. The first kappa shape index (κ1) is 11.9. The molecule has 0 amide bonds. The van der Waals surface area contributed by atoms with Crippen LogP contribution in [0.25, 0.3) is 0 Å². The predicted octanol–water partition coefficient (Wildman–Crippen LogP) is 1.48. The molecule has 1 atom stereocenters. The Morgan fingerprint density at radius 2 is 2.06 bits per heavy atom. The van der Waals surface area contributed by atoms with Gasteiger partial charge in [0.15, 0.2) is 11.5 Å². The standard InChI is InChI=1S/C13H17NO3/c1-16-12-7-9-3-5-14-11(4-6-15)10(9)8-13(12)17-2/h6-8,11,14H,3-5H2,1-2H3/t11-/m0/s1. The van der Waals surface area contributed by atoms with Crippen LogP contribution < -0.4 is 14.8 Å². The molecule has 0 saturated carbocycles. The topological polar surface area (TPSA) is 47.6 Å². The number of aldehydes is 1. The zero-order chi connectivity index (χ0) is 12.3. The summed E-state index contributed by atoms with van der Waals surface area (Å²) in [5.41, 5.74) is 2.37. The summed E-state index contributed by atoms with van der Waals surface area (Å²) in [7, 11) is 3.25. The van der Waals surface area contributed by atoms with Crippen LogP contribution in [0.15, 0.2) is 12.1 Å². The zero-order valence-corrected chi connectivity index (χ0v) is 10.2. The van der Waals surface area contributed by atoms with Crippen molar-refractivity contribution in [2.24, 2.45) is 0 Å². The normalized spacial score (nSPS) is 18.4. The van der Waals surface area contributed by atoms with Crippen molar-refractivity contribution in [2.45, 2.75) is 18.9 Å². The summed E-state index contributed by atoms with van der Waals surface area (Å²) in [5.74, 6) is 1.46. The number of hydrogen-bond acceptors (Lipinski definition) is 4. The van der Waals surface area contributed by atoms with Crippen LogP contribution >= 0.6 is 0 Å². The van der Waals surface area contributed by atoms with E-state index in [-0.39, 0.29) is 6.04 Å². The molecule has 1 aromatic carbocycles. The first-order chi connectivity index (χ1) is 8.30. The molecule has 0 unspecified atom stereocenters. The van der Waals surface area contributed by atoms with E-state index in [9.17, 15) is 4.79 Å². The van der Waals surface area contributed by atoms with Gasteiger partial charge in [0.05, 0.1) is 14.2 Å². The molecule has 0 fully saturated rings. The molecule has 1 aromatic rings. The maximum atomic E-state index is 10.7. The van der Waals surface area contributed by atoms with Gasteiger partial charge < -0.3 is 19.6 Å². The van der Waals surface area contributed by atoms with Gasteiger partial charge in [0.25, 0.3) is 0 Å². The van der Waals surface area contributed by atoms with Crippen molar-refractivity contribution in [2.75, 3.05) is 20.8 Å². The second kappa shape index (κ2) is 5.19. The Morgan fingerprint density at radius 1 is 1.35 bits per heavy atom. The van der Waals surface area contributed by atoms with E-state index in [1.807, 2.05) is 12.1 Å². The number of hydrogen-bond donors (Lipinski definition) is 1. The average molecular weight is 235 g/mol. The molecular weight excluding hydrogens is 218 g/mol. The molecular formula is C13H17NO3. The lowest BCUT2D eigenvalue weighted by Crippen LogP contribution is -2.30. The lowest BCUT2D eigenvalue weighted by atomic mass is 9.92. The van der Waals surface area contributed by atoms with E-state index in [4.69, 9.17) is 9.47 Å². The number of fused-ring (bicyclic) bond motifs is 1. The van der Waals surface area contributed by atoms with Gasteiger partial charge in [-0.15, -0.1) is 0 Å². The maximum absolute atomic E-state index is 10.7. The molecule has 0 bridgehead atoms. The molecule has 0 aromatic heterocycles. The monoisotopic (exact) mass is 235 g/mol. The summed E-state index contributed by atoms with van der Waals surface area (Å²) >= 11 is 0. The fraction of sp³-hybridized carbons (Fsp3) is 0.462. The van der Waals surface area contributed by atoms with Gasteiger partial charge in [-0.1, -0.05) is 0 Å². The van der Waals surface area contributed by atoms with E-state index < -0.39 is 0 Å². The lowest BCUT2D eigenvalue weighted by molar-refractivity contribution is -0.108. The van der Waals surface area contributed by atoms with Crippen LogP contribution in [0.4, 0.5) is 0 Å². The third-order valence-electron chi connectivity index (χ3n) is 3.14. The van der Waals surface area contributed by atoms with Crippen molar-refractivity contribution in [1.82, 2.24) is 5.32 Å². The van der Waals surface area contributed by atoms with Gasteiger partial charge >= 0.3 is 0 Å². The molecule has 1 aliphatic heterocycles. The third kappa shape index (κ3) is 2.26. The summed E-state index contributed by atoms with van der Waals surface area (Å²) in [6, 6.07) is 4.07. The molecule has 92 valence electrons. The van der Waals surface area contributed by atoms with Gasteiger partial charge in [-0.05, 0) is 36.2 Å². The van der Waals surface area contributed by atoms with Gasteiger partial charge in [-0.2, -0.15) is 0 Å². The highest BCUT2D eigenvalue weighted by Gasteiger charge is 2.21. The second-order valence-electron chi connectivity index (χ2n) is 4.07. The predicted molar refractivity (Wildman–Crippen MR) is 64.7 cm³/mol. The largest absolute Gasteiger partial charge is 0.493 e. The molecule has 0 radical (unpaired) electrons. The summed E-state index contributed by atoms with van der Waals surface area (Å²) in [6.07, 6.45) is 2.39. The summed E-state index contributed by atoms with van der Waals surface area (Å²) in [4.78, 5) is 10.7. The molecule has 4 nitrogen and oxygen atoms in total. The Morgan fingerprint density at radius 3 is 2.71 bits per heavy atom. The van der Waals surface area contributed by atoms with E-state index in [0.717, 1.165) is 30.6 Å². The Balaban J connectivity index is 2.43. The van der Waals surface area contributed by atoms with Crippen LogP contribution in [0.3, 0.4) is 0 Å². The number of carbonyl (C=O) groups is 1. The van der Waals surface area contributed by atoms with E-state index in [1.165, 1.54) is 5.56 Å². The van der Waals surface area contributed by atoms with Crippen molar-refractivity contribution >= 4 is 6.29 Å². The van der Waals surface area contributed by atoms with E-state index in [2.05, 4.69) is 5.32 Å². The summed E-state index contributed by atoms with van der Waals surface area (Å²) < 4.78 is 10.6. The maximum Gasteiger partial charge on any atom is 0.161 e. The van der Waals surface area contributed by atoms with Gasteiger partial charge in [0.1, 0.15) is 6.29 Å². The molecule has 4 heteroatoms. The summed E-state index contributed by atoms with van der Waals surface area (Å²) in [5, 5.41) is 3.34. The van der Waals surface area contributed by atoms with Crippen molar-refractivity contribution in [3.8, 4) is 11.5 Å². The van der Waals surface area contributed by atoms with Gasteiger partial charge in [-0.25, -0.2) is 0 Å². The molecule has 0 spiro atoms. The number of methoxy groups -OCH3 is 2. The first-order valence-electron chi connectivity index (χ1n) is 5.72. The Hall–Kier alpha value is -1.55. The van der Waals surface area contributed by atoms with E-state index >= 15 is 0 Å².